The largest absolute Gasteiger partial charge is 0.481 e. The van der Waals surface area contributed by atoms with E-state index in [4.69, 9.17) is 4.74 Å². The number of nitrogens with zero attached hydrogens (tertiary/aromatic N) is 1. The van der Waals surface area contributed by atoms with E-state index in [2.05, 4.69) is 10.3 Å². The Bertz CT molecular complexity index is 451. The first kappa shape index (κ1) is 12.9. The molecule has 1 fully saturated rings. The van der Waals surface area contributed by atoms with Crippen LogP contribution < -0.4 is 10.1 Å². The van der Waals surface area contributed by atoms with Crippen molar-refractivity contribution >= 4 is 11.6 Å². The number of carbonyl (C=O) groups is 1. The summed E-state index contributed by atoms with van der Waals surface area (Å²) >= 11 is 0. The smallest absolute Gasteiger partial charge is 0.230 e. The Morgan fingerprint density at radius 3 is 2.61 bits per heavy atom. The van der Waals surface area contributed by atoms with Crippen molar-refractivity contribution < 1.29 is 9.53 Å². The summed E-state index contributed by atoms with van der Waals surface area (Å²) < 4.78 is 5.05. The van der Waals surface area contributed by atoms with Crippen molar-refractivity contribution in [2.24, 2.45) is 5.41 Å². The molecule has 1 heterocycles. The molecule has 4 nitrogen and oxygen atoms in total. The van der Waals surface area contributed by atoms with E-state index >= 15 is 0 Å². The Kier molecular flexibility index (Phi) is 3.55. The summed E-state index contributed by atoms with van der Waals surface area (Å²) in [6.45, 7) is 3.91. The number of pyridine rings is 1. The standard InChI is InChI=1S/C14H20N2O2/c1-10-11(6-7-12(15-10)18-3)16-13(17)14(2)8-4-5-9-14/h6-7H,4-5,8-9H2,1-3H3,(H,16,17). The number of ether oxygens (including phenoxy) is 1. The third kappa shape index (κ3) is 2.47. The predicted molar refractivity (Wildman–Crippen MR) is 70.7 cm³/mol. The van der Waals surface area contributed by atoms with Gasteiger partial charge in [-0.15, -0.1) is 0 Å². The second-order valence-corrected chi connectivity index (χ2v) is 5.21. The average molecular weight is 248 g/mol. The molecule has 18 heavy (non-hydrogen) atoms. The summed E-state index contributed by atoms with van der Waals surface area (Å²) in [6.07, 6.45) is 4.23. The molecule has 2 rings (SSSR count). The fourth-order valence-corrected chi connectivity index (χ4v) is 2.44. The van der Waals surface area contributed by atoms with Gasteiger partial charge in [0.2, 0.25) is 11.8 Å². The van der Waals surface area contributed by atoms with Crippen LogP contribution in [0.25, 0.3) is 0 Å². The van der Waals surface area contributed by atoms with E-state index in [1.165, 1.54) is 0 Å². The molecule has 0 radical (unpaired) electrons. The number of amides is 1. The lowest BCUT2D eigenvalue weighted by molar-refractivity contribution is -0.124. The van der Waals surface area contributed by atoms with Crippen molar-refractivity contribution in [3.8, 4) is 5.88 Å². The lowest BCUT2D eigenvalue weighted by Crippen LogP contribution is -2.31. The summed E-state index contributed by atoms with van der Waals surface area (Å²) in [5, 5.41) is 2.99. The van der Waals surface area contributed by atoms with Gasteiger partial charge in [0, 0.05) is 11.5 Å². The van der Waals surface area contributed by atoms with Crippen LogP contribution in [0.5, 0.6) is 5.88 Å². The second-order valence-electron chi connectivity index (χ2n) is 5.21. The van der Waals surface area contributed by atoms with Gasteiger partial charge in [-0.2, -0.15) is 0 Å². The Morgan fingerprint density at radius 1 is 1.39 bits per heavy atom. The molecule has 1 aliphatic carbocycles. The zero-order chi connectivity index (χ0) is 13.2. The predicted octanol–water partition coefficient (Wildman–Crippen LogP) is 2.92. The molecule has 98 valence electrons. The molecule has 0 unspecified atom stereocenters. The first-order valence-electron chi connectivity index (χ1n) is 6.38. The number of rotatable bonds is 3. The number of aromatic nitrogens is 1. The number of anilines is 1. The molecule has 0 aliphatic heterocycles. The molecule has 0 atom stereocenters. The molecule has 1 aliphatic rings. The highest BCUT2D eigenvalue weighted by Gasteiger charge is 2.36. The van der Waals surface area contributed by atoms with Crippen LogP contribution in [0.4, 0.5) is 5.69 Å². The minimum Gasteiger partial charge on any atom is -0.481 e. The molecule has 1 saturated carbocycles. The van der Waals surface area contributed by atoms with Gasteiger partial charge in [0.15, 0.2) is 0 Å². The van der Waals surface area contributed by atoms with Gasteiger partial charge >= 0.3 is 0 Å². The van der Waals surface area contributed by atoms with E-state index in [9.17, 15) is 4.79 Å². The van der Waals surface area contributed by atoms with E-state index < -0.39 is 0 Å². The zero-order valence-electron chi connectivity index (χ0n) is 11.2. The Labute approximate surface area is 108 Å². The van der Waals surface area contributed by atoms with Gasteiger partial charge in [-0.3, -0.25) is 4.79 Å². The van der Waals surface area contributed by atoms with Gasteiger partial charge in [-0.05, 0) is 25.8 Å². The van der Waals surface area contributed by atoms with Crippen molar-refractivity contribution in [2.75, 3.05) is 12.4 Å². The summed E-state index contributed by atoms with van der Waals surface area (Å²) in [7, 11) is 1.58. The molecule has 1 N–H and O–H groups in total. The van der Waals surface area contributed by atoms with Crippen molar-refractivity contribution in [1.29, 1.82) is 0 Å². The minimum atomic E-state index is -0.216. The van der Waals surface area contributed by atoms with E-state index in [0.717, 1.165) is 37.1 Å². The van der Waals surface area contributed by atoms with Crippen LogP contribution in [0, 0.1) is 12.3 Å². The highest BCUT2D eigenvalue weighted by atomic mass is 16.5. The number of nitrogens with one attached hydrogen (secondary N) is 1. The molecular formula is C14H20N2O2. The molecule has 0 bridgehead atoms. The fraction of sp³-hybridized carbons (Fsp3) is 0.571. The van der Waals surface area contributed by atoms with Crippen LogP contribution in [0.15, 0.2) is 12.1 Å². The van der Waals surface area contributed by atoms with Crippen LogP contribution in [0.2, 0.25) is 0 Å². The summed E-state index contributed by atoms with van der Waals surface area (Å²) in [5.74, 6) is 0.674. The lowest BCUT2D eigenvalue weighted by atomic mass is 9.88. The first-order valence-corrected chi connectivity index (χ1v) is 6.38. The third-order valence-corrected chi connectivity index (χ3v) is 3.77. The fourth-order valence-electron chi connectivity index (χ4n) is 2.44. The molecule has 1 aromatic heterocycles. The van der Waals surface area contributed by atoms with Gasteiger partial charge < -0.3 is 10.1 Å². The van der Waals surface area contributed by atoms with E-state index in [1.807, 2.05) is 19.9 Å². The Morgan fingerprint density at radius 2 is 2.06 bits per heavy atom. The maximum absolute atomic E-state index is 12.3. The maximum Gasteiger partial charge on any atom is 0.230 e. The SMILES string of the molecule is COc1ccc(NC(=O)C2(C)CCCC2)c(C)n1. The van der Waals surface area contributed by atoms with Crippen LogP contribution in [0.3, 0.4) is 0 Å². The normalized spacial score (nSPS) is 17.5. The van der Waals surface area contributed by atoms with Gasteiger partial charge in [0.25, 0.3) is 0 Å². The maximum atomic E-state index is 12.3. The number of hydrogen-bond donors (Lipinski definition) is 1. The van der Waals surface area contributed by atoms with Gasteiger partial charge in [-0.1, -0.05) is 19.8 Å². The Hall–Kier alpha value is -1.58. The van der Waals surface area contributed by atoms with E-state index in [1.54, 1.807) is 13.2 Å². The summed E-state index contributed by atoms with van der Waals surface area (Å²) in [4.78, 5) is 16.5. The van der Waals surface area contributed by atoms with Crippen LogP contribution in [-0.2, 0) is 4.79 Å². The van der Waals surface area contributed by atoms with Gasteiger partial charge in [0.1, 0.15) is 0 Å². The zero-order valence-corrected chi connectivity index (χ0v) is 11.2. The summed E-state index contributed by atoms with van der Waals surface area (Å²) in [6, 6.07) is 3.61. The second kappa shape index (κ2) is 4.96. The molecule has 0 aromatic carbocycles. The van der Waals surface area contributed by atoms with E-state index in [0.29, 0.717) is 5.88 Å². The first-order chi connectivity index (χ1) is 8.55. The molecular weight excluding hydrogens is 228 g/mol. The van der Waals surface area contributed by atoms with Gasteiger partial charge in [0.05, 0.1) is 18.5 Å². The number of methoxy groups -OCH3 is 1. The highest BCUT2D eigenvalue weighted by molar-refractivity contribution is 5.95. The van der Waals surface area contributed by atoms with Gasteiger partial charge in [-0.25, -0.2) is 4.98 Å². The Balaban J connectivity index is 2.12. The lowest BCUT2D eigenvalue weighted by Gasteiger charge is -2.22. The van der Waals surface area contributed by atoms with Crippen LogP contribution in [0.1, 0.15) is 38.3 Å². The van der Waals surface area contributed by atoms with Crippen LogP contribution >= 0.6 is 0 Å². The third-order valence-electron chi connectivity index (χ3n) is 3.77. The van der Waals surface area contributed by atoms with Crippen molar-refractivity contribution in [3.63, 3.8) is 0 Å². The van der Waals surface area contributed by atoms with E-state index in [-0.39, 0.29) is 11.3 Å². The topological polar surface area (TPSA) is 51.2 Å². The number of aryl methyl sites for hydroxylation is 1. The monoisotopic (exact) mass is 248 g/mol. The quantitative estimate of drug-likeness (QED) is 0.894. The molecule has 0 saturated heterocycles. The number of carbonyl (C=O) groups excluding carboxylic acids is 1. The van der Waals surface area contributed by atoms with Crippen molar-refractivity contribution in [1.82, 2.24) is 4.98 Å². The number of hydrogen-bond acceptors (Lipinski definition) is 3. The molecule has 1 aromatic rings. The highest BCUT2D eigenvalue weighted by Crippen LogP contribution is 2.38. The van der Waals surface area contributed by atoms with Crippen molar-refractivity contribution in [2.45, 2.75) is 39.5 Å². The van der Waals surface area contributed by atoms with Crippen LogP contribution in [-0.4, -0.2) is 18.0 Å². The average Bonchev–Trinajstić information content (AvgIpc) is 2.80. The minimum absolute atomic E-state index is 0.107. The van der Waals surface area contributed by atoms with Crippen molar-refractivity contribution in [3.05, 3.63) is 17.8 Å². The molecule has 4 heteroatoms. The molecule has 0 spiro atoms. The molecule has 1 amide bonds. The summed E-state index contributed by atoms with van der Waals surface area (Å²) in [5.41, 5.74) is 1.34.